The van der Waals surface area contributed by atoms with Crippen LogP contribution in [0.1, 0.15) is 25.3 Å². The lowest BCUT2D eigenvalue weighted by Crippen LogP contribution is -2.42. The third kappa shape index (κ3) is 2.40. The van der Waals surface area contributed by atoms with Crippen LogP contribution in [0.3, 0.4) is 0 Å². The molecule has 1 aliphatic rings. The zero-order chi connectivity index (χ0) is 11.6. The van der Waals surface area contributed by atoms with Crippen molar-refractivity contribution in [2.45, 2.75) is 25.4 Å². The van der Waals surface area contributed by atoms with Crippen molar-refractivity contribution in [2.75, 3.05) is 19.6 Å². The Bertz CT molecular complexity index is 341. The van der Waals surface area contributed by atoms with Gasteiger partial charge in [0.1, 0.15) is 0 Å². The van der Waals surface area contributed by atoms with Crippen LogP contribution in [0, 0.1) is 0 Å². The predicted molar refractivity (Wildman–Crippen MR) is 66.7 cm³/mol. The molecule has 16 heavy (non-hydrogen) atoms. The molecule has 0 saturated carbocycles. The van der Waals surface area contributed by atoms with E-state index in [0.717, 1.165) is 43.1 Å². The van der Waals surface area contributed by atoms with Crippen molar-refractivity contribution in [2.24, 2.45) is 0 Å². The molecule has 0 radical (unpaired) electrons. The van der Waals surface area contributed by atoms with E-state index in [9.17, 15) is 5.11 Å². The van der Waals surface area contributed by atoms with Crippen LogP contribution in [0.15, 0.2) is 24.3 Å². The topological polar surface area (TPSA) is 23.5 Å². The van der Waals surface area contributed by atoms with Gasteiger partial charge in [-0.05, 0) is 37.1 Å². The summed E-state index contributed by atoms with van der Waals surface area (Å²) in [6, 6.07) is 7.57. The Balaban J connectivity index is 2.11. The molecule has 0 atom stereocenters. The van der Waals surface area contributed by atoms with Crippen LogP contribution >= 0.6 is 11.6 Å². The van der Waals surface area contributed by atoms with Crippen molar-refractivity contribution >= 4 is 11.6 Å². The fraction of sp³-hybridized carbons (Fsp3) is 0.538. The molecule has 1 fully saturated rings. The van der Waals surface area contributed by atoms with Gasteiger partial charge in [-0.15, -0.1) is 0 Å². The van der Waals surface area contributed by atoms with Gasteiger partial charge in [0.05, 0.1) is 5.60 Å². The van der Waals surface area contributed by atoms with Crippen molar-refractivity contribution in [3.05, 3.63) is 34.9 Å². The molecular weight excluding hydrogens is 222 g/mol. The summed E-state index contributed by atoms with van der Waals surface area (Å²) in [6.07, 6.45) is 1.62. The van der Waals surface area contributed by atoms with Gasteiger partial charge in [-0.3, -0.25) is 0 Å². The van der Waals surface area contributed by atoms with E-state index >= 15 is 0 Å². The summed E-state index contributed by atoms with van der Waals surface area (Å²) in [5.41, 5.74) is 0.337. The van der Waals surface area contributed by atoms with Crippen LogP contribution in [-0.2, 0) is 5.60 Å². The summed E-state index contributed by atoms with van der Waals surface area (Å²) in [7, 11) is 0. The van der Waals surface area contributed by atoms with E-state index < -0.39 is 5.60 Å². The number of halogens is 1. The van der Waals surface area contributed by atoms with Gasteiger partial charge in [0.15, 0.2) is 0 Å². The second kappa shape index (κ2) is 4.74. The van der Waals surface area contributed by atoms with Crippen LogP contribution in [0.5, 0.6) is 0 Å². The van der Waals surface area contributed by atoms with Gasteiger partial charge in [-0.1, -0.05) is 30.7 Å². The zero-order valence-electron chi connectivity index (χ0n) is 9.62. The number of aliphatic hydroxyl groups is 1. The number of nitrogens with zero attached hydrogens (tertiary/aromatic N) is 1. The second-order valence-corrected chi connectivity index (χ2v) is 4.91. The van der Waals surface area contributed by atoms with Crippen LogP contribution in [0.25, 0.3) is 0 Å². The number of benzene rings is 1. The first-order chi connectivity index (χ1) is 7.64. The number of hydrogen-bond acceptors (Lipinski definition) is 2. The summed E-state index contributed by atoms with van der Waals surface area (Å²) >= 11 is 5.85. The van der Waals surface area contributed by atoms with Crippen LogP contribution < -0.4 is 0 Å². The highest BCUT2D eigenvalue weighted by Gasteiger charge is 2.33. The molecule has 1 heterocycles. The third-order valence-electron chi connectivity index (χ3n) is 3.51. The summed E-state index contributed by atoms with van der Waals surface area (Å²) < 4.78 is 0. The molecule has 0 aromatic heterocycles. The van der Waals surface area contributed by atoms with Gasteiger partial charge in [-0.25, -0.2) is 0 Å². The van der Waals surface area contributed by atoms with Crippen molar-refractivity contribution in [1.82, 2.24) is 4.90 Å². The highest BCUT2D eigenvalue weighted by Crippen LogP contribution is 2.33. The van der Waals surface area contributed by atoms with E-state index in [1.807, 2.05) is 24.3 Å². The molecule has 1 aromatic rings. The third-order valence-corrected chi connectivity index (χ3v) is 3.76. The van der Waals surface area contributed by atoms with Crippen LogP contribution in [-0.4, -0.2) is 29.6 Å². The van der Waals surface area contributed by atoms with E-state index in [1.54, 1.807) is 0 Å². The number of rotatable bonds is 2. The van der Waals surface area contributed by atoms with Gasteiger partial charge in [0.2, 0.25) is 0 Å². The fourth-order valence-corrected chi connectivity index (χ4v) is 2.41. The van der Waals surface area contributed by atoms with E-state index in [2.05, 4.69) is 11.8 Å². The zero-order valence-corrected chi connectivity index (χ0v) is 10.4. The van der Waals surface area contributed by atoms with Gasteiger partial charge >= 0.3 is 0 Å². The molecule has 1 aliphatic heterocycles. The second-order valence-electron chi connectivity index (χ2n) is 4.47. The van der Waals surface area contributed by atoms with Gasteiger partial charge < -0.3 is 10.0 Å². The van der Waals surface area contributed by atoms with Crippen molar-refractivity contribution in [3.63, 3.8) is 0 Å². The summed E-state index contributed by atoms with van der Waals surface area (Å²) in [5.74, 6) is 0. The molecule has 88 valence electrons. The Hall–Kier alpha value is -0.570. The molecule has 1 N–H and O–H groups in total. The van der Waals surface area contributed by atoms with E-state index in [1.165, 1.54) is 0 Å². The summed E-state index contributed by atoms with van der Waals surface area (Å²) in [4.78, 5) is 2.37. The Morgan fingerprint density at radius 1 is 1.25 bits per heavy atom. The molecule has 2 rings (SSSR count). The maximum Gasteiger partial charge on any atom is 0.0920 e. The SMILES string of the molecule is CCN1CCC(O)(c2ccc(Cl)cc2)CC1. The smallest absolute Gasteiger partial charge is 0.0920 e. The van der Waals surface area contributed by atoms with Crippen molar-refractivity contribution in [1.29, 1.82) is 0 Å². The largest absolute Gasteiger partial charge is 0.385 e. The molecule has 1 aromatic carbocycles. The molecule has 0 amide bonds. The Morgan fingerprint density at radius 3 is 2.31 bits per heavy atom. The normalized spacial score (nSPS) is 20.9. The van der Waals surface area contributed by atoms with Gasteiger partial charge in [0.25, 0.3) is 0 Å². The molecule has 0 spiro atoms. The summed E-state index contributed by atoms with van der Waals surface area (Å²) in [5, 5.41) is 11.3. The van der Waals surface area contributed by atoms with Crippen LogP contribution in [0.4, 0.5) is 0 Å². The minimum absolute atomic E-state index is 0.656. The average molecular weight is 240 g/mol. The quantitative estimate of drug-likeness (QED) is 0.858. The first-order valence-corrected chi connectivity index (χ1v) is 6.22. The molecule has 0 bridgehead atoms. The predicted octanol–water partition coefficient (Wildman–Crippen LogP) is 2.64. The summed E-state index contributed by atoms with van der Waals surface area (Å²) in [6.45, 7) is 5.16. The first kappa shape index (κ1) is 11.9. The maximum absolute atomic E-state index is 10.6. The minimum atomic E-state index is -0.656. The fourth-order valence-electron chi connectivity index (χ4n) is 2.29. The van der Waals surface area contributed by atoms with E-state index in [0.29, 0.717) is 0 Å². The highest BCUT2D eigenvalue weighted by atomic mass is 35.5. The lowest BCUT2D eigenvalue weighted by molar-refractivity contribution is -0.0246. The molecule has 2 nitrogen and oxygen atoms in total. The lowest BCUT2D eigenvalue weighted by atomic mass is 9.84. The molecule has 3 heteroatoms. The minimum Gasteiger partial charge on any atom is -0.385 e. The van der Waals surface area contributed by atoms with Crippen molar-refractivity contribution < 1.29 is 5.11 Å². The first-order valence-electron chi connectivity index (χ1n) is 5.85. The molecule has 0 aliphatic carbocycles. The average Bonchev–Trinajstić information content (AvgIpc) is 2.31. The van der Waals surface area contributed by atoms with E-state index in [-0.39, 0.29) is 0 Å². The van der Waals surface area contributed by atoms with Crippen LogP contribution in [0.2, 0.25) is 5.02 Å². The standard InChI is InChI=1S/C13H18ClNO/c1-2-15-9-7-13(16,8-10-15)11-3-5-12(14)6-4-11/h3-6,16H,2,7-10H2,1H3. The number of piperidine rings is 1. The van der Waals surface area contributed by atoms with Crippen molar-refractivity contribution in [3.8, 4) is 0 Å². The maximum atomic E-state index is 10.6. The highest BCUT2D eigenvalue weighted by molar-refractivity contribution is 6.30. The Kier molecular flexibility index (Phi) is 3.53. The number of hydrogen-bond donors (Lipinski definition) is 1. The Labute approximate surface area is 102 Å². The molecule has 0 unspecified atom stereocenters. The molecule has 1 saturated heterocycles. The lowest BCUT2D eigenvalue weighted by Gasteiger charge is -2.38. The number of likely N-dealkylation sites (tertiary alicyclic amines) is 1. The van der Waals surface area contributed by atoms with E-state index in [4.69, 9.17) is 11.6 Å². The van der Waals surface area contributed by atoms with Gasteiger partial charge in [-0.2, -0.15) is 0 Å². The molecular formula is C13H18ClNO. The monoisotopic (exact) mass is 239 g/mol. The van der Waals surface area contributed by atoms with Gasteiger partial charge in [0, 0.05) is 18.1 Å². The Morgan fingerprint density at radius 2 is 1.81 bits per heavy atom.